The van der Waals surface area contributed by atoms with Crippen molar-refractivity contribution >= 4 is 18.3 Å². The fourth-order valence-corrected chi connectivity index (χ4v) is 4.97. The van der Waals surface area contributed by atoms with Gasteiger partial charge in [-0.2, -0.15) is 0 Å². The van der Waals surface area contributed by atoms with E-state index < -0.39 is 24.7 Å². The van der Waals surface area contributed by atoms with Crippen LogP contribution < -0.4 is 40.2 Å². The Kier molecular flexibility index (Phi) is 20.7. The third-order valence-electron chi connectivity index (χ3n) is 8.31. The smallest absolute Gasteiger partial charge is 0.412 e. The van der Waals surface area contributed by atoms with Crippen molar-refractivity contribution in [2.45, 2.75) is 33.1 Å². The van der Waals surface area contributed by atoms with Gasteiger partial charge in [-0.3, -0.25) is 5.32 Å². The molecule has 0 aromatic heterocycles. The average molecular weight is 761 g/mol. The van der Waals surface area contributed by atoms with Crippen molar-refractivity contribution in [2.24, 2.45) is 11.8 Å². The number of aliphatic hydroxyl groups is 1. The van der Waals surface area contributed by atoms with E-state index in [1.807, 2.05) is 88.1 Å². The highest BCUT2D eigenvalue weighted by Gasteiger charge is 2.20. The summed E-state index contributed by atoms with van der Waals surface area (Å²) in [6.45, 7) is 8.53. The van der Waals surface area contributed by atoms with Crippen molar-refractivity contribution in [2.75, 3.05) is 109 Å². The van der Waals surface area contributed by atoms with E-state index >= 15 is 0 Å². The highest BCUT2D eigenvalue weighted by atomic mass is 16.6. The maximum Gasteiger partial charge on any atom is 0.412 e. The molecule has 2 aromatic rings. The van der Waals surface area contributed by atoms with E-state index in [0.29, 0.717) is 65.2 Å². The third-order valence-corrected chi connectivity index (χ3v) is 8.31. The molecule has 16 nitrogen and oxygen atoms in total. The molecule has 3 amide bonds. The molecule has 0 saturated carbocycles. The van der Waals surface area contributed by atoms with Crippen LogP contribution in [0.2, 0.25) is 0 Å². The molecule has 0 aliphatic heterocycles. The number of aliphatic hydroxyl groups excluding tert-OH is 1. The number of carbonyl (C=O) groups excluding carboxylic acids is 3. The van der Waals surface area contributed by atoms with Crippen LogP contribution in [0.15, 0.2) is 36.4 Å². The summed E-state index contributed by atoms with van der Waals surface area (Å²) in [5.41, 5.74) is 1.80. The summed E-state index contributed by atoms with van der Waals surface area (Å²) in [4.78, 5) is 45.7. The molecule has 16 heteroatoms. The average Bonchev–Trinajstić information content (AvgIpc) is 3.06. The Morgan fingerprint density at radius 1 is 0.556 bits per heavy atom. The molecule has 5 N–H and O–H groups in total. The zero-order valence-electron chi connectivity index (χ0n) is 33.9. The molecule has 0 fully saturated rings. The topological polar surface area (TPSA) is 169 Å². The van der Waals surface area contributed by atoms with Crippen LogP contribution >= 0.6 is 0 Å². The van der Waals surface area contributed by atoms with Gasteiger partial charge >= 0.3 is 18.3 Å². The number of nitrogens with one attached hydrogen (secondary N) is 4. The molecule has 0 radical (unpaired) electrons. The summed E-state index contributed by atoms with van der Waals surface area (Å²) in [5, 5.41) is 21.5. The van der Waals surface area contributed by atoms with Gasteiger partial charge in [0.15, 0.2) is 23.0 Å². The maximum atomic E-state index is 12.7. The van der Waals surface area contributed by atoms with Gasteiger partial charge in [-0.05, 0) is 116 Å². The normalized spacial score (nSPS) is 13.1. The van der Waals surface area contributed by atoms with Crippen LogP contribution in [-0.4, -0.2) is 158 Å². The molecule has 3 atom stereocenters. The number of carbonyl (C=O) groups is 3. The number of likely N-dealkylation sites (N-methyl/N-ethyl adjacent to an activating group) is 4. The van der Waals surface area contributed by atoms with Crippen molar-refractivity contribution in [1.82, 2.24) is 40.9 Å². The van der Waals surface area contributed by atoms with Gasteiger partial charge in [-0.15, -0.1) is 0 Å². The molecule has 0 saturated heterocycles. The standard InChI is InChI=1S/C38H64N8O8/c1-27(23-29-11-13-31(51-35(47)39-15-19-43(3)4)33(25-29)53-37(49)41-17-21-45(7)8)28(2)24-30-12-14-32(52-36(48)40-16-20-44(5)6)34(26-30)54-38(50)42-18-22-46(9)10/h11-14,25-28,35,39,47H,15-24H2,1-10H3,(H,40,48)(H,41,49)(H,42,50)/t27-,28+,35?/m1/s1. The van der Waals surface area contributed by atoms with Crippen molar-refractivity contribution in [3.63, 3.8) is 0 Å². The molecule has 0 heterocycles. The monoisotopic (exact) mass is 760 g/mol. The molecule has 1 unspecified atom stereocenters. The zero-order valence-corrected chi connectivity index (χ0v) is 33.9. The number of amides is 3. The van der Waals surface area contributed by atoms with Gasteiger partial charge in [0.25, 0.3) is 6.41 Å². The van der Waals surface area contributed by atoms with E-state index in [4.69, 9.17) is 18.9 Å². The van der Waals surface area contributed by atoms with Crippen molar-refractivity contribution in [3.05, 3.63) is 47.5 Å². The van der Waals surface area contributed by atoms with Gasteiger partial charge < -0.3 is 59.6 Å². The van der Waals surface area contributed by atoms with Crippen molar-refractivity contribution in [1.29, 1.82) is 0 Å². The number of benzene rings is 2. The first-order valence-electron chi connectivity index (χ1n) is 18.3. The Hall–Kier alpha value is -4.19. The number of rotatable bonds is 23. The first-order valence-corrected chi connectivity index (χ1v) is 18.3. The fraction of sp³-hybridized carbons (Fsp3) is 0.605. The molecule has 2 rings (SSSR count). The summed E-state index contributed by atoms with van der Waals surface area (Å²) >= 11 is 0. The minimum Gasteiger partial charge on any atom is -0.448 e. The Balaban J connectivity index is 2.21. The van der Waals surface area contributed by atoms with Crippen LogP contribution in [-0.2, 0) is 12.8 Å². The summed E-state index contributed by atoms with van der Waals surface area (Å²) in [6, 6.07) is 10.5. The fourth-order valence-electron chi connectivity index (χ4n) is 4.97. The van der Waals surface area contributed by atoms with E-state index in [1.165, 1.54) is 0 Å². The largest absolute Gasteiger partial charge is 0.448 e. The van der Waals surface area contributed by atoms with E-state index in [1.54, 1.807) is 24.3 Å². The third kappa shape index (κ3) is 19.2. The quantitative estimate of drug-likeness (QED) is 0.105. The van der Waals surface area contributed by atoms with E-state index in [-0.39, 0.29) is 34.8 Å². The molecular formula is C38H64N8O8. The number of ether oxygens (including phenoxy) is 4. The Morgan fingerprint density at radius 2 is 0.907 bits per heavy atom. The summed E-state index contributed by atoms with van der Waals surface area (Å²) in [5.74, 6) is 0.994. The van der Waals surface area contributed by atoms with Crippen LogP contribution in [0, 0.1) is 11.8 Å². The predicted octanol–water partition coefficient (Wildman–Crippen LogP) is 2.50. The van der Waals surface area contributed by atoms with Crippen LogP contribution in [0.25, 0.3) is 0 Å². The summed E-state index contributed by atoms with van der Waals surface area (Å²) < 4.78 is 22.6. The highest BCUT2D eigenvalue weighted by molar-refractivity contribution is 5.74. The van der Waals surface area contributed by atoms with E-state index in [2.05, 4.69) is 35.1 Å². The molecule has 0 bridgehead atoms. The minimum atomic E-state index is -1.30. The molecule has 0 spiro atoms. The lowest BCUT2D eigenvalue weighted by Gasteiger charge is -2.22. The van der Waals surface area contributed by atoms with Gasteiger partial charge in [0.1, 0.15) is 0 Å². The van der Waals surface area contributed by atoms with E-state index in [9.17, 15) is 19.5 Å². The number of hydrogen-bond acceptors (Lipinski definition) is 13. The van der Waals surface area contributed by atoms with E-state index in [0.717, 1.165) is 11.1 Å². The molecule has 54 heavy (non-hydrogen) atoms. The summed E-state index contributed by atoms with van der Waals surface area (Å²) in [7, 11) is 15.3. The second kappa shape index (κ2) is 24.3. The Labute approximate surface area is 321 Å². The van der Waals surface area contributed by atoms with Gasteiger partial charge in [0.2, 0.25) is 0 Å². The highest BCUT2D eigenvalue weighted by Crippen LogP contribution is 2.33. The first kappa shape index (κ1) is 46.0. The van der Waals surface area contributed by atoms with Gasteiger partial charge in [0.05, 0.1) is 0 Å². The van der Waals surface area contributed by atoms with Crippen molar-refractivity contribution < 1.29 is 38.4 Å². The first-order chi connectivity index (χ1) is 25.5. The Morgan fingerprint density at radius 3 is 1.31 bits per heavy atom. The molecule has 0 aliphatic carbocycles. The van der Waals surface area contributed by atoms with Crippen LogP contribution in [0.1, 0.15) is 25.0 Å². The lowest BCUT2D eigenvalue weighted by molar-refractivity contribution is -0.0453. The maximum absolute atomic E-state index is 12.7. The second-order valence-corrected chi connectivity index (χ2v) is 14.5. The second-order valence-electron chi connectivity index (χ2n) is 14.5. The molecule has 0 aliphatic rings. The SMILES string of the molecule is C[C@H](Cc1ccc(OC(O)NCCN(C)C)c(OC(=O)NCCN(C)C)c1)[C@@H](C)Cc1ccc(OC(=O)NCCN(C)C)c(OC(=O)NCCN(C)C)c1. The van der Waals surface area contributed by atoms with Crippen LogP contribution in [0.3, 0.4) is 0 Å². The summed E-state index contributed by atoms with van der Waals surface area (Å²) in [6.07, 6.45) is -1.94. The molecule has 304 valence electrons. The van der Waals surface area contributed by atoms with Crippen molar-refractivity contribution in [3.8, 4) is 23.0 Å². The molecule has 2 aromatic carbocycles. The number of hydrogen-bond donors (Lipinski definition) is 5. The molecular weight excluding hydrogens is 696 g/mol. The zero-order chi connectivity index (χ0) is 40.2. The Bertz CT molecular complexity index is 1440. The van der Waals surface area contributed by atoms with Crippen LogP contribution in [0.4, 0.5) is 14.4 Å². The minimum absolute atomic E-state index is 0.128. The lowest BCUT2D eigenvalue weighted by atomic mass is 9.85. The number of nitrogens with zero attached hydrogens (tertiary/aromatic N) is 4. The van der Waals surface area contributed by atoms with Gasteiger partial charge in [-0.25, -0.2) is 14.4 Å². The predicted molar refractivity (Wildman–Crippen MR) is 210 cm³/mol. The van der Waals surface area contributed by atoms with Gasteiger partial charge in [0, 0.05) is 52.4 Å². The van der Waals surface area contributed by atoms with Crippen LogP contribution in [0.5, 0.6) is 23.0 Å². The van der Waals surface area contributed by atoms with Gasteiger partial charge in [-0.1, -0.05) is 26.0 Å². The lowest BCUT2D eigenvalue weighted by Crippen LogP contribution is -2.38.